The number of carbonyl (C=O) groups excluding carboxylic acids is 1. The molecule has 1 aromatic carbocycles. The molecule has 0 saturated carbocycles. The molecule has 0 spiro atoms. The van der Waals surface area contributed by atoms with Gasteiger partial charge in [-0.25, -0.2) is 0 Å². The Balaban J connectivity index is 2.55. The van der Waals surface area contributed by atoms with Crippen LogP contribution >= 0.6 is 11.6 Å². The molecule has 1 unspecified atom stereocenters. The van der Waals surface area contributed by atoms with Gasteiger partial charge in [-0.15, -0.1) is 0 Å². The molecule has 0 N–H and O–H groups in total. The van der Waals surface area contributed by atoms with Crippen molar-refractivity contribution in [1.29, 1.82) is 0 Å². The number of amides is 1. The van der Waals surface area contributed by atoms with E-state index < -0.39 is 0 Å². The van der Waals surface area contributed by atoms with Crippen LogP contribution in [0.3, 0.4) is 0 Å². The summed E-state index contributed by atoms with van der Waals surface area (Å²) in [5, 5.41) is 0.683. The van der Waals surface area contributed by atoms with Gasteiger partial charge in [-0.1, -0.05) is 24.6 Å². The maximum atomic E-state index is 11.7. The summed E-state index contributed by atoms with van der Waals surface area (Å²) in [4.78, 5) is 13.4. The molecule has 0 saturated heterocycles. The zero-order valence-electron chi connectivity index (χ0n) is 8.96. The fourth-order valence-corrected chi connectivity index (χ4v) is 2.19. The smallest absolute Gasteiger partial charge is 0.226 e. The van der Waals surface area contributed by atoms with Crippen LogP contribution in [0.25, 0.3) is 0 Å². The molecule has 2 rings (SSSR count). The van der Waals surface area contributed by atoms with E-state index in [0.717, 1.165) is 12.1 Å². The Morgan fingerprint density at radius 3 is 2.93 bits per heavy atom. The van der Waals surface area contributed by atoms with Crippen LogP contribution in [0.2, 0.25) is 5.02 Å². The van der Waals surface area contributed by atoms with Crippen molar-refractivity contribution in [3.05, 3.63) is 28.8 Å². The molecule has 15 heavy (non-hydrogen) atoms. The van der Waals surface area contributed by atoms with Crippen LogP contribution in [0, 0.1) is 0 Å². The van der Waals surface area contributed by atoms with E-state index in [1.54, 1.807) is 4.90 Å². The summed E-state index contributed by atoms with van der Waals surface area (Å²) in [6.45, 7) is 2.15. The normalized spacial score (nSPS) is 21.1. The number of hydrogen-bond acceptors (Lipinski definition) is 1. The van der Waals surface area contributed by atoms with Gasteiger partial charge in [-0.2, -0.15) is 0 Å². The van der Waals surface area contributed by atoms with Crippen LogP contribution in [0.4, 0.5) is 5.69 Å². The molecule has 0 radical (unpaired) electrons. The standard InChI is InChI=1S/C12H14ClNO/c1-8-3-6-12(15)14(2)11-7-9(13)4-5-10(8)11/h4-5,7-8H,3,6H2,1-2H3. The third-order valence-electron chi connectivity index (χ3n) is 3.05. The summed E-state index contributed by atoms with van der Waals surface area (Å²) < 4.78 is 0. The molecule has 3 heteroatoms. The van der Waals surface area contributed by atoms with Crippen molar-refractivity contribution < 1.29 is 4.79 Å². The highest BCUT2D eigenvalue weighted by molar-refractivity contribution is 6.31. The average molecular weight is 224 g/mol. The second-order valence-corrected chi connectivity index (χ2v) is 4.53. The van der Waals surface area contributed by atoms with Gasteiger partial charge in [0.25, 0.3) is 0 Å². The van der Waals surface area contributed by atoms with Gasteiger partial charge >= 0.3 is 0 Å². The van der Waals surface area contributed by atoms with E-state index in [2.05, 4.69) is 6.92 Å². The Hall–Kier alpha value is -1.02. The third-order valence-corrected chi connectivity index (χ3v) is 3.29. The molecular weight excluding hydrogens is 210 g/mol. The summed E-state index contributed by atoms with van der Waals surface area (Å²) >= 11 is 5.95. The summed E-state index contributed by atoms with van der Waals surface area (Å²) in [7, 11) is 1.82. The Morgan fingerprint density at radius 2 is 2.20 bits per heavy atom. The van der Waals surface area contributed by atoms with E-state index in [-0.39, 0.29) is 5.91 Å². The molecule has 1 aromatic rings. The molecule has 1 heterocycles. The van der Waals surface area contributed by atoms with Crippen molar-refractivity contribution >= 4 is 23.2 Å². The SMILES string of the molecule is CC1CCC(=O)N(C)c2cc(Cl)ccc21. The van der Waals surface area contributed by atoms with Crippen LogP contribution in [0.15, 0.2) is 18.2 Å². The predicted octanol–water partition coefficient (Wildman–Crippen LogP) is 3.20. The van der Waals surface area contributed by atoms with Gasteiger partial charge in [0.05, 0.1) is 0 Å². The number of carbonyl (C=O) groups is 1. The maximum absolute atomic E-state index is 11.7. The van der Waals surface area contributed by atoms with Crippen molar-refractivity contribution in [3.63, 3.8) is 0 Å². The summed E-state index contributed by atoms with van der Waals surface area (Å²) in [5.41, 5.74) is 2.17. The Morgan fingerprint density at radius 1 is 1.47 bits per heavy atom. The second-order valence-electron chi connectivity index (χ2n) is 4.10. The number of hydrogen-bond donors (Lipinski definition) is 0. The lowest BCUT2D eigenvalue weighted by atomic mass is 9.96. The summed E-state index contributed by atoms with van der Waals surface area (Å²) in [6.07, 6.45) is 1.53. The van der Waals surface area contributed by atoms with Crippen molar-refractivity contribution in [1.82, 2.24) is 0 Å². The third kappa shape index (κ3) is 1.86. The lowest BCUT2D eigenvalue weighted by molar-refractivity contribution is -0.118. The molecule has 2 nitrogen and oxygen atoms in total. The fourth-order valence-electron chi connectivity index (χ4n) is 2.02. The van der Waals surface area contributed by atoms with Crippen molar-refractivity contribution in [2.45, 2.75) is 25.7 Å². The van der Waals surface area contributed by atoms with Crippen LogP contribution in [0.5, 0.6) is 0 Å². The van der Waals surface area contributed by atoms with Gasteiger partial charge < -0.3 is 4.90 Å². The van der Waals surface area contributed by atoms with Crippen LogP contribution < -0.4 is 4.90 Å². The highest BCUT2D eigenvalue weighted by atomic mass is 35.5. The average Bonchev–Trinajstić information content (AvgIpc) is 2.32. The highest BCUT2D eigenvalue weighted by Crippen LogP contribution is 2.35. The summed E-state index contributed by atoms with van der Waals surface area (Å²) in [6, 6.07) is 5.79. The number of anilines is 1. The minimum absolute atomic E-state index is 0.169. The highest BCUT2D eigenvalue weighted by Gasteiger charge is 2.23. The minimum atomic E-state index is 0.169. The van der Waals surface area contributed by atoms with E-state index >= 15 is 0 Å². The first kappa shape index (κ1) is 10.5. The lowest BCUT2D eigenvalue weighted by Crippen LogP contribution is -2.24. The molecule has 0 aromatic heterocycles. The first-order chi connectivity index (χ1) is 7.09. The fraction of sp³-hybridized carbons (Fsp3) is 0.417. The van der Waals surface area contributed by atoms with Crippen molar-refractivity contribution in [2.24, 2.45) is 0 Å². The molecule has 1 atom stereocenters. The minimum Gasteiger partial charge on any atom is -0.315 e. The predicted molar refractivity (Wildman–Crippen MR) is 62.5 cm³/mol. The van der Waals surface area contributed by atoms with Gasteiger partial charge in [0.2, 0.25) is 5.91 Å². The van der Waals surface area contributed by atoms with Crippen molar-refractivity contribution in [2.75, 3.05) is 11.9 Å². The second kappa shape index (κ2) is 3.86. The van der Waals surface area contributed by atoms with E-state index in [4.69, 9.17) is 11.6 Å². The first-order valence-electron chi connectivity index (χ1n) is 5.15. The molecule has 0 bridgehead atoms. The van der Waals surface area contributed by atoms with Crippen molar-refractivity contribution in [3.8, 4) is 0 Å². The molecule has 80 valence electrons. The van der Waals surface area contributed by atoms with Crippen LogP contribution in [0.1, 0.15) is 31.2 Å². The van der Waals surface area contributed by atoms with Gasteiger partial charge in [-0.3, -0.25) is 4.79 Å². The number of nitrogens with zero attached hydrogens (tertiary/aromatic N) is 1. The molecule has 1 aliphatic heterocycles. The molecule has 1 amide bonds. The van der Waals surface area contributed by atoms with E-state index in [9.17, 15) is 4.79 Å². The first-order valence-corrected chi connectivity index (χ1v) is 5.53. The number of fused-ring (bicyclic) bond motifs is 1. The van der Waals surface area contributed by atoms with Gasteiger partial charge in [0.1, 0.15) is 0 Å². The van der Waals surface area contributed by atoms with Gasteiger partial charge in [0.15, 0.2) is 0 Å². The monoisotopic (exact) mass is 223 g/mol. The van der Waals surface area contributed by atoms with Gasteiger partial charge in [0, 0.05) is 24.2 Å². The Bertz CT molecular complexity index is 403. The lowest BCUT2D eigenvalue weighted by Gasteiger charge is -2.18. The number of halogens is 1. The Kier molecular flexibility index (Phi) is 2.70. The molecule has 1 aliphatic rings. The zero-order chi connectivity index (χ0) is 11.0. The van der Waals surface area contributed by atoms with E-state index in [0.29, 0.717) is 17.4 Å². The summed E-state index contributed by atoms with van der Waals surface area (Å²) in [5.74, 6) is 0.592. The topological polar surface area (TPSA) is 20.3 Å². The quantitative estimate of drug-likeness (QED) is 0.662. The van der Waals surface area contributed by atoms with E-state index in [1.165, 1.54) is 5.56 Å². The van der Waals surface area contributed by atoms with Gasteiger partial charge in [-0.05, 0) is 30.0 Å². The largest absolute Gasteiger partial charge is 0.315 e. The molecular formula is C12H14ClNO. The number of benzene rings is 1. The zero-order valence-corrected chi connectivity index (χ0v) is 9.71. The molecule has 0 fully saturated rings. The van der Waals surface area contributed by atoms with Crippen LogP contribution in [-0.4, -0.2) is 13.0 Å². The van der Waals surface area contributed by atoms with Crippen LogP contribution in [-0.2, 0) is 4.79 Å². The molecule has 0 aliphatic carbocycles. The maximum Gasteiger partial charge on any atom is 0.226 e. The number of rotatable bonds is 0. The van der Waals surface area contributed by atoms with E-state index in [1.807, 2.05) is 25.2 Å². The Labute approximate surface area is 94.8 Å².